The Labute approximate surface area is 122 Å². The number of nitrogens with one attached hydrogen (secondary N) is 1. The first kappa shape index (κ1) is 15.3. The smallest absolute Gasteiger partial charge is 0.250 e. The summed E-state index contributed by atoms with van der Waals surface area (Å²) in [6, 6.07) is 1.57. The van der Waals surface area contributed by atoms with Crippen molar-refractivity contribution in [2.75, 3.05) is 6.61 Å². The SMILES string of the molecule is Cc1cc(S(=O)(=O)NC2(CO)CCCCC2)sc1Cl. The van der Waals surface area contributed by atoms with Crippen molar-refractivity contribution >= 4 is 33.0 Å². The Morgan fingerprint density at radius 1 is 1.42 bits per heavy atom. The average Bonchev–Trinajstić information content (AvgIpc) is 2.71. The highest BCUT2D eigenvalue weighted by Gasteiger charge is 2.36. The molecule has 1 aliphatic rings. The van der Waals surface area contributed by atoms with Gasteiger partial charge in [0, 0.05) is 0 Å². The zero-order valence-corrected chi connectivity index (χ0v) is 13.2. The minimum absolute atomic E-state index is 0.162. The molecule has 0 aromatic carbocycles. The Hall–Kier alpha value is -0.140. The van der Waals surface area contributed by atoms with Crippen LogP contribution >= 0.6 is 22.9 Å². The van der Waals surface area contributed by atoms with Gasteiger partial charge in [0.15, 0.2) is 0 Å². The number of aliphatic hydroxyl groups is 1. The molecule has 1 saturated carbocycles. The van der Waals surface area contributed by atoms with Crippen molar-refractivity contribution in [1.29, 1.82) is 0 Å². The van der Waals surface area contributed by atoms with Crippen LogP contribution in [-0.4, -0.2) is 25.7 Å². The van der Waals surface area contributed by atoms with E-state index < -0.39 is 15.6 Å². The van der Waals surface area contributed by atoms with Crippen molar-refractivity contribution in [3.8, 4) is 0 Å². The molecule has 0 saturated heterocycles. The zero-order chi connectivity index (χ0) is 14.1. The Balaban J connectivity index is 2.24. The highest BCUT2D eigenvalue weighted by molar-refractivity contribution is 7.91. The Bertz CT molecular complexity index is 528. The van der Waals surface area contributed by atoms with Gasteiger partial charge in [-0.1, -0.05) is 30.9 Å². The summed E-state index contributed by atoms with van der Waals surface area (Å²) in [5.74, 6) is 0. The number of aryl methyl sites for hydroxylation is 1. The van der Waals surface area contributed by atoms with Crippen LogP contribution in [0, 0.1) is 6.92 Å². The minimum atomic E-state index is -3.61. The zero-order valence-electron chi connectivity index (χ0n) is 10.8. The predicted octanol–water partition coefficient (Wildman–Crippen LogP) is 2.68. The van der Waals surface area contributed by atoms with E-state index in [2.05, 4.69) is 4.72 Å². The number of halogens is 1. The first-order chi connectivity index (χ1) is 8.88. The predicted molar refractivity (Wildman–Crippen MR) is 77.3 cm³/mol. The van der Waals surface area contributed by atoms with Gasteiger partial charge < -0.3 is 5.11 Å². The second-order valence-electron chi connectivity index (χ2n) is 5.13. The van der Waals surface area contributed by atoms with Gasteiger partial charge in [-0.2, -0.15) is 0 Å². The quantitative estimate of drug-likeness (QED) is 0.895. The van der Waals surface area contributed by atoms with E-state index in [1.807, 2.05) is 0 Å². The lowest BCUT2D eigenvalue weighted by molar-refractivity contribution is 0.142. The van der Waals surface area contributed by atoms with Gasteiger partial charge in [0.2, 0.25) is 0 Å². The van der Waals surface area contributed by atoms with Crippen LogP contribution in [0.1, 0.15) is 37.7 Å². The number of hydrogen-bond acceptors (Lipinski definition) is 4. The molecule has 1 aromatic rings. The molecule has 19 heavy (non-hydrogen) atoms. The summed E-state index contributed by atoms with van der Waals surface area (Å²) in [6.45, 7) is 1.62. The maximum atomic E-state index is 12.4. The van der Waals surface area contributed by atoms with E-state index >= 15 is 0 Å². The summed E-state index contributed by atoms with van der Waals surface area (Å²) < 4.78 is 28.1. The molecule has 0 aliphatic heterocycles. The lowest BCUT2D eigenvalue weighted by Crippen LogP contribution is -2.52. The highest BCUT2D eigenvalue weighted by atomic mass is 35.5. The van der Waals surface area contributed by atoms with Crippen LogP contribution in [0.2, 0.25) is 4.34 Å². The maximum Gasteiger partial charge on any atom is 0.250 e. The molecule has 2 N–H and O–H groups in total. The van der Waals surface area contributed by atoms with E-state index in [1.54, 1.807) is 13.0 Å². The Morgan fingerprint density at radius 2 is 2.05 bits per heavy atom. The van der Waals surface area contributed by atoms with Crippen molar-refractivity contribution in [3.63, 3.8) is 0 Å². The van der Waals surface area contributed by atoms with E-state index in [9.17, 15) is 13.5 Å². The highest BCUT2D eigenvalue weighted by Crippen LogP contribution is 2.33. The normalized spacial score (nSPS) is 19.5. The molecule has 108 valence electrons. The van der Waals surface area contributed by atoms with Gasteiger partial charge >= 0.3 is 0 Å². The number of thiophene rings is 1. The van der Waals surface area contributed by atoms with Gasteiger partial charge in [0.1, 0.15) is 4.21 Å². The van der Waals surface area contributed by atoms with Crippen LogP contribution in [0.25, 0.3) is 0 Å². The maximum absolute atomic E-state index is 12.4. The van der Waals surface area contributed by atoms with E-state index in [1.165, 1.54) is 0 Å². The van der Waals surface area contributed by atoms with Crippen LogP contribution in [0.3, 0.4) is 0 Å². The molecule has 0 atom stereocenters. The largest absolute Gasteiger partial charge is 0.394 e. The Morgan fingerprint density at radius 3 is 2.53 bits per heavy atom. The monoisotopic (exact) mass is 323 g/mol. The third-order valence-corrected chi connectivity index (χ3v) is 7.17. The van der Waals surface area contributed by atoms with Gasteiger partial charge in [0.05, 0.1) is 16.5 Å². The second-order valence-corrected chi connectivity index (χ2v) is 8.69. The molecule has 1 fully saturated rings. The molecule has 1 heterocycles. The minimum Gasteiger partial charge on any atom is -0.394 e. The fourth-order valence-corrected chi connectivity index (χ4v) is 5.58. The molecule has 1 aromatic heterocycles. The molecule has 0 bridgehead atoms. The molecular formula is C12H18ClNO3S2. The first-order valence-corrected chi connectivity index (χ1v) is 8.97. The lowest BCUT2D eigenvalue weighted by Gasteiger charge is -2.35. The van der Waals surface area contributed by atoms with Crippen molar-refractivity contribution in [2.24, 2.45) is 0 Å². The molecule has 7 heteroatoms. The van der Waals surface area contributed by atoms with Crippen molar-refractivity contribution in [3.05, 3.63) is 16.0 Å². The van der Waals surface area contributed by atoms with Gasteiger partial charge in [-0.05, 0) is 31.4 Å². The van der Waals surface area contributed by atoms with Gasteiger partial charge in [-0.3, -0.25) is 0 Å². The molecule has 4 nitrogen and oxygen atoms in total. The van der Waals surface area contributed by atoms with Crippen molar-refractivity contribution < 1.29 is 13.5 Å². The number of sulfonamides is 1. The van der Waals surface area contributed by atoms with Gasteiger partial charge in [-0.15, -0.1) is 11.3 Å². The molecule has 0 radical (unpaired) electrons. The summed E-state index contributed by atoms with van der Waals surface area (Å²) in [4.78, 5) is 0. The molecule has 0 unspecified atom stereocenters. The molecule has 0 spiro atoms. The number of hydrogen-bond donors (Lipinski definition) is 2. The molecule has 0 amide bonds. The standard InChI is InChI=1S/C12H18ClNO3S2/c1-9-7-10(18-11(9)13)19(16,17)14-12(8-15)5-3-2-4-6-12/h7,14-15H,2-6,8H2,1H3. The second kappa shape index (κ2) is 5.69. The van der Waals surface area contributed by atoms with Gasteiger partial charge in [-0.25, -0.2) is 13.1 Å². The first-order valence-electron chi connectivity index (χ1n) is 6.29. The Kier molecular flexibility index (Phi) is 4.57. The lowest BCUT2D eigenvalue weighted by atomic mass is 9.83. The topological polar surface area (TPSA) is 66.4 Å². The third kappa shape index (κ3) is 3.31. The van der Waals surface area contributed by atoms with Crippen LogP contribution in [0.5, 0.6) is 0 Å². The number of rotatable bonds is 4. The molecule has 1 aliphatic carbocycles. The third-order valence-electron chi connectivity index (χ3n) is 3.56. The van der Waals surface area contributed by atoms with Crippen LogP contribution in [-0.2, 0) is 10.0 Å². The fourth-order valence-electron chi connectivity index (χ4n) is 2.42. The summed E-state index contributed by atoms with van der Waals surface area (Å²) in [5, 5.41) is 9.56. The summed E-state index contributed by atoms with van der Waals surface area (Å²) in [5.41, 5.74) is 0.0512. The van der Waals surface area contributed by atoms with Crippen molar-refractivity contribution in [1.82, 2.24) is 4.72 Å². The fraction of sp³-hybridized carbons (Fsp3) is 0.667. The summed E-state index contributed by atoms with van der Waals surface area (Å²) in [6.07, 6.45) is 4.33. The van der Waals surface area contributed by atoms with E-state index in [0.717, 1.165) is 36.2 Å². The summed E-state index contributed by atoms with van der Waals surface area (Å²) >= 11 is 6.98. The molecular weight excluding hydrogens is 306 g/mol. The van der Waals surface area contributed by atoms with Crippen molar-refractivity contribution in [2.45, 2.75) is 48.8 Å². The van der Waals surface area contributed by atoms with Crippen LogP contribution in [0.15, 0.2) is 10.3 Å². The molecule has 2 rings (SSSR count). The van der Waals surface area contributed by atoms with Crippen LogP contribution < -0.4 is 4.72 Å². The van der Waals surface area contributed by atoms with E-state index in [-0.39, 0.29) is 10.8 Å². The van der Waals surface area contributed by atoms with E-state index in [0.29, 0.717) is 17.2 Å². The summed E-state index contributed by atoms with van der Waals surface area (Å²) in [7, 11) is -3.61. The van der Waals surface area contributed by atoms with Gasteiger partial charge in [0.25, 0.3) is 10.0 Å². The van der Waals surface area contributed by atoms with E-state index in [4.69, 9.17) is 11.6 Å². The number of aliphatic hydroxyl groups excluding tert-OH is 1. The van der Waals surface area contributed by atoms with Crippen LogP contribution in [0.4, 0.5) is 0 Å². The average molecular weight is 324 g/mol.